The van der Waals surface area contributed by atoms with Crippen molar-refractivity contribution in [3.63, 3.8) is 0 Å². The minimum Gasteiger partial charge on any atom is -0.506 e. The first-order chi connectivity index (χ1) is 12.0. The van der Waals surface area contributed by atoms with Crippen molar-refractivity contribution in [2.75, 3.05) is 19.7 Å². The van der Waals surface area contributed by atoms with Crippen LogP contribution in [0.3, 0.4) is 0 Å². The minimum atomic E-state index is -0.332. The SMILES string of the molecule is OC[C@]1(Cc2ccccc2F)CCCN(Cc2ccc(O)c(Cl)c2)C1. The van der Waals surface area contributed by atoms with Crippen LogP contribution in [0.5, 0.6) is 5.75 Å². The lowest BCUT2D eigenvalue weighted by Crippen LogP contribution is -2.46. The first-order valence-corrected chi connectivity index (χ1v) is 8.93. The molecule has 0 radical (unpaired) electrons. The molecule has 0 aromatic heterocycles. The van der Waals surface area contributed by atoms with Crippen LogP contribution in [-0.2, 0) is 13.0 Å². The van der Waals surface area contributed by atoms with Crippen molar-refractivity contribution in [3.8, 4) is 5.75 Å². The molecule has 1 aliphatic rings. The third-order valence-electron chi connectivity index (χ3n) is 5.02. The van der Waals surface area contributed by atoms with Gasteiger partial charge in [0.05, 0.1) is 11.6 Å². The van der Waals surface area contributed by atoms with Crippen molar-refractivity contribution < 1.29 is 14.6 Å². The highest BCUT2D eigenvalue weighted by atomic mass is 35.5. The standard InChI is InChI=1S/C20H23ClFNO2/c21-17-10-15(6-7-19(17)25)12-23-9-3-8-20(13-23,14-24)11-16-4-1-2-5-18(16)22/h1-2,4-7,10,24-25H,3,8-9,11-14H2/t20-/m0/s1. The van der Waals surface area contributed by atoms with Gasteiger partial charge in [-0.3, -0.25) is 4.90 Å². The number of hydrogen-bond donors (Lipinski definition) is 2. The zero-order valence-electron chi connectivity index (χ0n) is 14.1. The van der Waals surface area contributed by atoms with Gasteiger partial charge in [-0.25, -0.2) is 4.39 Å². The topological polar surface area (TPSA) is 43.7 Å². The fourth-order valence-corrected chi connectivity index (χ4v) is 3.93. The van der Waals surface area contributed by atoms with Gasteiger partial charge in [-0.15, -0.1) is 0 Å². The molecule has 2 aromatic carbocycles. The van der Waals surface area contributed by atoms with Crippen molar-refractivity contribution in [3.05, 3.63) is 64.4 Å². The van der Waals surface area contributed by atoms with Gasteiger partial charge >= 0.3 is 0 Å². The summed E-state index contributed by atoms with van der Waals surface area (Å²) in [5.41, 5.74) is 1.34. The molecule has 2 aromatic rings. The van der Waals surface area contributed by atoms with Gasteiger partial charge in [0.25, 0.3) is 0 Å². The van der Waals surface area contributed by atoms with Crippen LogP contribution in [-0.4, -0.2) is 34.8 Å². The number of aromatic hydroxyl groups is 1. The molecule has 1 saturated heterocycles. The number of hydrogen-bond acceptors (Lipinski definition) is 3. The lowest BCUT2D eigenvalue weighted by atomic mass is 9.75. The molecule has 3 nitrogen and oxygen atoms in total. The van der Waals surface area contributed by atoms with Crippen LogP contribution in [0.1, 0.15) is 24.0 Å². The molecule has 5 heteroatoms. The fourth-order valence-electron chi connectivity index (χ4n) is 3.73. The van der Waals surface area contributed by atoms with Gasteiger partial charge in [0, 0.05) is 18.5 Å². The van der Waals surface area contributed by atoms with Crippen LogP contribution in [0.15, 0.2) is 42.5 Å². The molecule has 1 aliphatic heterocycles. The number of phenols is 1. The average molecular weight is 364 g/mol. The quantitative estimate of drug-likeness (QED) is 0.843. The second-order valence-corrected chi connectivity index (χ2v) is 7.43. The summed E-state index contributed by atoms with van der Waals surface area (Å²) in [4.78, 5) is 2.27. The predicted molar refractivity (Wildman–Crippen MR) is 97.3 cm³/mol. The third-order valence-corrected chi connectivity index (χ3v) is 5.32. The zero-order chi connectivity index (χ0) is 17.9. The first kappa shape index (κ1) is 18.2. The van der Waals surface area contributed by atoms with E-state index in [1.807, 2.05) is 12.1 Å². The Morgan fingerprint density at radius 3 is 2.72 bits per heavy atom. The van der Waals surface area contributed by atoms with E-state index in [0.29, 0.717) is 30.1 Å². The number of halogens is 2. The van der Waals surface area contributed by atoms with Crippen LogP contribution in [0.25, 0.3) is 0 Å². The van der Waals surface area contributed by atoms with E-state index in [1.54, 1.807) is 24.3 Å². The van der Waals surface area contributed by atoms with Gasteiger partial charge in [-0.1, -0.05) is 35.9 Å². The Kier molecular flexibility index (Phi) is 5.62. The van der Waals surface area contributed by atoms with Gasteiger partial charge in [0.2, 0.25) is 0 Å². The highest BCUT2D eigenvalue weighted by Crippen LogP contribution is 2.35. The van der Waals surface area contributed by atoms with E-state index < -0.39 is 0 Å². The highest BCUT2D eigenvalue weighted by molar-refractivity contribution is 6.32. The number of likely N-dealkylation sites (tertiary alicyclic amines) is 1. The summed E-state index contributed by atoms with van der Waals surface area (Å²) in [6.07, 6.45) is 2.37. The molecular weight excluding hydrogens is 341 g/mol. The maximum Gasteiger partial charge on any atom is 0.134 e. The molecule has 3 rings (SSSR count). The van der Waals surface area contributed by atoms with E-state index in [2.05, 4.69) is 4.90 Å². The van der Waals surface area contributed by atoms with E-state index in [4.69, 9.17) is 11.6 Å². The molecule has 1 fully saturated rings. The van der Waals surface area contributed by atoms with Crippen LogP contribution in [0.4, 0.5) is 4.39 Å². The molecule has 25 heavy (non-hydrogen) atoms. The van der Waals surface area contributed by atoms with Crippen LogP contribution in [0, 0.1) is 11.2 Å². The number of piperidine rings is 1. The summed E-state index contributed by atoms with van der Waals surface area (Å²) in [5, 5.41) is 19.9. The molecule has 0 saturated carbocycles. The Bertz CT molecular complexity index is 739. The van der Waals surface area contributed by atoms with Gasteiger partial charge in [0.15, 0.2) is 0 Å². The summed E-state index contributed by atoms with van der Waals surface area (Å²) < 4.78 is 14.0. The lowest BCUT2D eigenvalue weighted by molar-refractivity contribution is 0.0283. The molecular formula is C20H23ClFNO2. The van der Waals surface area contributed by atoms with Gasteiger partial charge in [-0.05, 0) is 55.1 Å². The Hall–Kier alpha value is -1.62. The summed E-state index contributed by atoms with van der Waals surface area (Å²) in [5.74, 6) is -0.133. The van der Waals surface area contributed by atoms with Crippen LogP contribution in [0.2, 0.25) is 5.02 Å². The van der Waals surface area contributed by atoms with Gasteiger partial charge in [-0.2, -0.15) is 0 Å². The van der Waals surface area contributed by atoms with Gasteiger partial charge in [0.1, 0.15) is 11.6 Å². The molecule has 0 amide bonds. The Balaban J connectivity index is 1.73. The summed E-state index contributed by atoms with van der Waals surface area (Å²) in [6.45, 7) is 2.36. The molecule has 0 spiro atoms. The smallest absolute Gasteiger partial charge is 0.134 e. The highest BCUT2D eigenvalue weighted by Gasteiger charge is 2.35. The number of phenolic OH excluding ortho intramolecular Hbond substituents is 1. The molecule has 1 heterocycles. The van der Waals surface area contributed by atoms with E-state index >= 15 is 0 Å². The van der Waals surface area contributed by atoms with Gasteiger partial charge < -0.3 is 10.2 Å². The van der Waals surface area contributed by atoms with Crippen molar-refractivity contribution in [2.45, 2.75) is 25.8 Å². The largest absolute Gasteiger partial charge is 0.506 e. The second kappa shape index (κ2) is 7.73. The molecule has 1 atom stereocenters. The van der Waals surface area contributed by atoms with E-state index in [1.165, 1.54) is 6.07 Å². The Morgan fingerprint density at radius 1 is 1.20 bits per heavy atom. The zero-order valence-corrected chi connectivity index (χ0v) is 14.8. The fraction of sp³-hybridized carbons (Fsp3) is 0.400. The Labute approximate surface area is 152 Å². The van der Waals surface area contributed by atoms with Crippen LogP contribution >= 0.6 is 11.6 Å². The average Bonchev–Trinajstić information content (AvgIpc) is 2.61. The normalized spacial score (nSPS) is 21.4. The number of rotatable bonds is 5. The van der Waals surface area contributed by atoms with Crippen molar-refractivity contribution >= 4 is 11.6 Å². The predicted octanol–water partition coefficient (Wildman–Crippen LogP) is 4.00. The molecule has 134 valence electrons. The lowest BCUT2D eigenvalue weighted by Gasteiger charge is -2.42. The number of benzene rings is 2. The number of aliphatic hydroxyl groups excluding tert-OH is 1. The van der Waals surface area contributed by atoms with E-state index in [0.717, 1.165) is 24.9 Å². The Morgan fingerprint density at radius 2 is 2.00 bits per heavy atom. The summed E-state index contributed by atoms with van der Waals surface area (Å²) in [7, 11) is 0. The third kappa shape index (κ3) is 4.32. The second-order valence-electron chi connectivity index (χ2n) is 7.03. The number of nitrogens with zero attached hydrogens (tertiary/aromatic N) is 1. The van der Waals surface area contributed by atoms with Crippen molar-refractivity contribution in [2.24, 2.45) is 5.41 Å². The summed E-state index contributed by atoms with van der Waals surface area (Å²) in [6, 6.07) is 12.0. The summed E-state index contributed by atoms with van der Waals surface area (Å²) >= 11 is 5.99. The number of aliphatic hydroxyl groups is 1. The minimum absolute atomic E-state index is 0.0359. The maximum atomic E-state index is 14.0. The van der Waals surface area contributed by atoms with E-state index in [9.17, 15) is 14.6 Å². The molecule has 0 bridgehead atoms. The first-order valence-electron chi connectivity index (χ1n) is 8.55. The molecule has 0 unspecified atom stereocenters. The van der Waals surface area contributed by atoms with Crippen LogP contribution < -0.4 is 0 Å². The van der Waals surface area contributed by atoms with Crippen molar-refractivity contribution in [1.82, 2.24) is 4.90 Å². The maximum absolute atomic E-state index is 14.0. The molecule has 2 N–H and O–H groups in total. The van der Waals surface area contributed by atoms with E-state index in [-0.39, 0.29) is 23.6 Å². The van der Waals surface area contributed by atoms with Crippen molar-refractivity contribution in [1.29, 1.82) is 0 Å². The monoisotopic (exact) mass is 363 g/mol. The molecule has 0 aliphatic carbocycles.